The number of hydrogen-bond donors (Lipinski definition) is 3. The molecule has 0 aromatic rings. The highest BCUT2D eigenvalue weighted by Gasteiger charge is 2.16. The van der Waals surface area contributed by atoms with Gasteiger partial charge in [0.25, 0.3) is 0 Å². The van der Waals surface area contributed by atoms with Gasteiger partial charge in [-0.3, -0.25) is 9.59 Å². The Balaban J connectivity index is 4.48. The van der Waals surface area contributed by atoms with Crippen LogP contribution in [-0.2, 0) is 9.59 Å². The molecule has 180 valence electrons. The number of aliphatic hydroxyl groups is 1. The first-order chi connectivity index (χ1) is 15.5. The van der Waals surface area contributed by atoms with Crippen molar-refractivity contribution in [2.45, 2.75) is 82.5 Å². The van der Waals surface area contributed by atoms with E-state index in [0.717, 1.165) is 18.6 Å². The Morgan fingerprint density at radius 3 is 2.31 bits per heavy atom. The molecule has 0 rings (SSSR count). The Morgan fingerprint density at radius 2 is 1.59 bits per heavy atom. The molecule has 0 saturated heterocycles. The SMILES string of the molecule is CCCCC/C=C\C\C=C/C=C/C=C/[C@@H](SCC/C=C\CC(=O)O)[C@@H](O)CCCC(=O)O. The summed E-state index contributed by atoms with van der Waals surface area (Å²) in [5.74, 6) is -0.964. The monoisotopic (exact) mass is 464 g/mol. The highest BCUT2D eigenvalue weighted by Crippen LogP contribution is 2.21. The van der Waals surface area contributed by atoms with Gasteiger partial charge >= 0.3 is 11.9 Å². The fourth-order valence-corrected chi connectivity index (χ4v) is 3.86. The summed E-state index contributed by atoms with van der Waals surface area (Å²) in [4.78, 5) is 21.2. The van der Waals surface area contributed by atoms with Crippen molar-refractivity contribution in [3.63, 3.8) is 0 Å². The molecule has 32 heavy (non-hydrogen) atoms. The minimum atomic E-state index is -0.856. The molecular formula is C26H40O5S. The van der Waals surface area contributed by atoms with Crippen LogP contribution < -0.4 is 0 Å². The molecule has 0 fully saturated rings. The van der Waals surface area contributed by atoms with E-state index in [4.69, 9.17) is 10.2 Å². The van der Waals surface area contributed by atoms with Crippen LogP contribution in [0.3, 0.4) is 0 Å². The lowest BCUT2D eigenvalue weighted by Crippen LogP contribution is -2.21. The molecule has 0 unspecified atom stereocenters. The summed E-state index contributed by atoms with van der Waals surface area (Å²) in [6, 6.07) is 0. The zero-order valence-corrected chi connectivity index (χ0v) is 20.1. The lowest BCUT2D eigenvalue weighted by atomic mass is 10.1. The number of hydrogen-bond acceptors (Lipinski definition) is 4. The molecule has 0 aromatic carbocycles. The number of aliphatic hydroxyl groups excluding tert-OH is 1. The Morgan fingerprint density at radius 1 is 0.844 bits per heavy atom. The van der Waals surface area contributed by atoms with Crippen LogP contribution in [0.25, 0.3) is 0 Å². The van der Waals surface area contributed by atoms with Gasteiger partial charge in [-0.2, -0.15) is 11.8 Å². The molecule has 0 spiro atoms. The first kappa shape index (κ1) is 29.9. The van der Waals surface area contributed by atoms with Crippen LogP contribution in [0.2, 0.25) is 0 Å². The molecule has 0 aromatic heterocycles. The maximum Gasteiger partial charge on any atom is 0.307 e. The zero-order valence-electron chi connectivity index (χ0n) is 19.3. The van der Waals surface area contributed by atoms with E-state index in [-0.39, 0.29) is 18.1 Å². The summed E-state index contributed by atoms with van der Waals surface area (Å²) < 4.78 is 0. The van der Waals surface area contributed by atoms with E-state index in [0.29, 0.717) is 19.3 Å². The Hall–Kier alpha value is -2.05. The number of rotatable bonds is 20. The summed E-state index contributed by atoms with van der Waals surface area (Å²) in [5, 5.41) is 27.7. The molecule has 0 aliphatic rings. The molecule has 2 atom stereocenters. The van der Waals surface area contributed by atoms with E-state index < -0.39 is 18.0 Å². The second-order valence-corrected chi connectivity index (χ2v) is 8.73. The summed E-state index contributed by atoms with van der Waals surface area (Å²) in [6.45, 7) is 2.21. The number of carboxylic acid groups (broad SMARTS) is 2. The predicted molar refractivity (Wildman–Crippen MR) is 135 cm³/mol. The minimum Gasteiger partial charge on any atom is -0.481 e. The number of allylic oxidation sites excluding steroid dienone is 8. The maximum atomic E-state index is 10.7. The van der Waals surface area contributed by atoms with Crippen molar-refractivity contribution in [3.05, 3.63) is 60.8 Å². The second-order valence-electron chi connectivity index (χ2n) is 7.45. The average molecular weight is 465 g/mol. The molecule has 0 aliphatic heterocycles. The molecule has 0 radical (unpaired) electrons. The standard InChI is InChI=1S/C26H40O5S/c1-2-3-4-5-6-7-8-9-10-11-12-14-19-24(23(27)18-17-21-26(30)31)32-22-16-13-15-20-25(28)29/h6-7,9-15,19,23-24,27H,2-5,8,16-18,20-22H2,1H3,(H,28,29)(H,30,31)/b7-6-,10-9-,12-11+,15-13-,19-14+/t23-,24+/m0/s1. The number of carboxylic acids is 2. The molecule has 0 amide bonds. The van der Waals surface area contributed by atoms with Crippen LogP contribution in [0.4, 0.5) is 0 Å². The summed E-state index contributed by atoms with van der Waals surface area (Å²) in [6.07, 6.45) is 26.5. The Kier molecular flexibility index (Phi) is 20.7. The molecule has 3 N–H and O–H groups in total. The van der Waals surface area contributed by atoms with E-state index in [1.807, 2.05) is 36.5 Å². The summed E-state index contributed by atoms with van der Waals surface area (Å²) >= 11 is 1.59. The average Bonchev–Trinajstić information content (AvgIpc) is 2.74. The first-order valence-corrected chi connectivity index (χ1v) is 12.6. The highest BCUT2D eigenvalue weighted by atomic mass is 32.2. The van der Waals surface area contributed by atoms with Gasteiger partial charge in [0.15, 0.2) is 0 Å². The summed E-state index contributed by atoms with van der Waals surface area (Å²) in [5.41, 5.74) is 0. The van der Waals surface area contributed by atoms with Crippen molar-refractivity contribution in [1.29, 1.82) is 0 Å². The normalized spacial score (nSPS) is 14.4. The molecule has 0 bridgehead atoms. The van der Waals surface area contributed by atoms with Crippen molar-refractivity contribution in [2.24, 2.45) is 0 Å². The van der Waals surface area contributed by atoms with Crippen molar-refractivity contribution in [1.82, 2.24) is 0 Å². The van der Waals surface area contributed by atoms with Crippen LogP contribution in [0.15, 0.2) is 60.8 Å². The van der Waals surface area contributed by atoms with Gasteiger partial charge in [0.2, 0.25) is 0 Å². The van der Waals surface area contributed by atoms with Gasteiger partial charge in [0, 0.05) is 11.7 Å². The van der Waals surface area contributed by atoms with Gasteiger partial charge in [0.05, 0.1) is 12.5 Å². The summed E-state index contributed by atoms with van der Waals surface area (Å²) in [7, 11) is 0. The third-order valence-corrected chi connectivity index (χ3v) is 5.83. The predicted octanol–water partition coefficient (Wildman–Crippen LogP) is 6.32. The second kappa shape index (κ2) is 22.2. The number of unbranched alkanes of at least 4 members (excludes halogenated alkanes) is 3. The van der Waals surface area contributed by atoms with Gasteiger partial charge in [0.1, 0.15) is 0 Å². The molecular weight excluding hydrogens is 424 g/mol. The largest absolute Gasteiger partial charge is 0.481 e. The molecule has 0 saturated carbocycles. The molecule has 6 heteroatoms. The fraction of sp³-hybridized carbons (Fsp3) is 0.538. The van der Waals surface area contributed by atoms with E-state index >= 15 is 0 Å². The quantitative estimate of drug-likeness (QED) is 0.111. The van der Waals surface area contributed by atoms with Crippen molar-refractivity contribution >= 4 is 23.7 Å². The maximum absolute atomic E-state index is 10.7. The van der Waals surface area contributed by atoms with Gasteiger partial charge < -0.3 is 15.3 Å². The number of thioether (sulfide) groups is 1. The van der Waals surface area contributed by atoms with Crippen LogP contribution in [0, 0.1) is 0 Å². The van der Waals surface area contributed by atoms with Gasteiger partial charge in [-0.05, 0) is 44.3 Å². The van der Waals surface area contributed by atoms with Crippen LogP contribution >= 0.6 is 11.8 Å². The third kappa shape index (κ3) is 21.2. The van der Waals surface area contributed by atoms with E-state index in [1.54, 1.807) is 17.8 Å². The highest BCUT2D eigenvalue weighted by molar-refractivity contribution is 8.00. The van der Waals surface area contributed by atoms with Gasteiger partial charge in [-0.15, -0.1) is 0 Å². The van der Waals surface area contributed by atoms with E-state index in [9.17, 15) is 14.7 Å². The fourth-order valence-electron chi connectivity index (χ4n) is 2.76. The van der Waals surface area contributed by atoms with Crippen molar-refractivity contribution < 1.29 is 24.9 Å². The zero-order chi connectivity index (χ0) is 23.9. The number of aliphatic carboxylic acids is 2. The molecule has 5 nitrogen and oxygen atoms in total. The Bertz CT molecular complexity index is 634. The smallest absolute Gasteiger partial charge is 0.307 e. The lowest BCUT2D eigenvalue weighted by molar-refractivity contribution is -0.137. The van der Waals surface area contributed by atoms with Crippen LogP contribution in [0.1, 0.15) is 71.1 Å². The Labute approximate surface area is 197 Å². The topological polar surface area (TPSA) is 94.8 Å². The lowest BCUT2D eigenvalue weighted by Gasteiger charge is -2.19. The van der Waals surface area contributed by atoms with E-state index in [2.05, 4.69) is 25.2 Å². The number of carbonyl (C=O) groups is 2. The first-order valence-electron chi connectivity index (χ1n) is 11.5. The van der Waals surface area contributed by atoms with Crippen molar-refractivity contribution in [3.8, 4) is 0 Å². The third-order valence-electron chi connectivity index (χ3n) is 4.51. The van der Waals surface area contributed by atoms with Gasteiger partial charge in [-0.25, -0.2) is 0 Å². The minimum absolute atomic E-state index is 0.0127. The van der Waals surface area contributed by atoms with Crippen molar-refractivity contribution in [2.75, 3.05) is 5.75 Å². The van der Waals surface area contributed by atoms with Gasteiger partial charge in [-0.1, -0.05) is 80.5 Å². The van der Waals surface area contributed by atoms with E-state index in [1.165, 1.54) is 19.3 Å². The molecule has 0 heterocycles. The van der Waals surface area contributed by atoms with Crippen LogP contribution in [0.5, 0.6) is 0 Å². The van der Waals surface area contributed by atoms with Crippen LogP contribution in [-0.4, -0.2) is 44.4 Å². The molecule has 0 aliphatic carbocycles.